The van der Waals surface area contributed by atoms with Gasteiger partial charge in [-0.1, -0.05) is 19.8 Å². The number of hydrogen-bond donors (Lipinski definition) is 0. The highest BCUT2D eigenvalue weighted by molar-refractivity contribution is 5.85. The predicted octanol–water partition coefficient (Wildman–Crippen LogP) is 2.54. The monoisotopic (exact) mass is 179 g/mol. The molecule has 1 rings (SSSR count). The van der Waals surface area contributed by atoms with Gasteiger partial charge in [0, 0.05) is 5.92 Å². The molecule has 13 heavy (non-hydrogen) atoms. The van der Waals surface area contributed by atoms with Gasteiger partial charge in [-0.3, -0.25) is 4.79 Å². The van der Waals surface area contributed by atoms with E-state index in [1.54, 1.807) is 6.92 Å². The summed E-state index contributed by atoms with van der Waals surface area (Å²) in [6, 6.07) is 2.02. The van der Waals surface area contributed by atoms with Gasteiger partial charge in [-0.05, 0) is 25.7 Å². The Morgan fingerprint density at radius 2 is 1.92 bits per heavy atom. The Labute approximate surface area is 79.9 Å². The lowest BCUT2D eigenvalue weighted by Gasteiger charge is -2.25. The van der Waals surface area contributed by atoms with E-state index in [1.165, 1.54) is 0 Å². The number of carbonyl (C=O) groups excluding carboxylic acids is 1. The highest BCUT2D eigenvalue weighted by atomic mass is 16.1. The van der Waals surface area contributed by atoms with Gasteiger partial charge in [-0.2, -0.15) is 5.26 Å². The molecule has 0 aromatic heterocycles. The molecule has 1 aliphatic rings. The van der Waals surface area contributed by atoms with Crippen molar-refractivity contribution in [1.29, 1.82) is 5.26 Å². The molecule has 0 bridgehead atoms. The zero-order valence-corrected chi connectivity index (χ0v) is 8.42. The van der Waals surface area contributed by atoms with Crippen LogP contribution in [0.5, 0.6) is 0 Å². The van der Waals surface area contributed by atoms with Crippen molar-refractivity contribution in [3.05, 3.63) is 0 Å². The third kappa shape index (κ3) is 2.55. The minimum atomic E-state index is -0.404. The van der Waals surface area contributed by atoms with E-state index in [-0.39, 0.29) is 11.7 Å². The summed E-state index contributed by atoms with van der Waals surface area (Å²) in [7, 11) is 0. The summed E-state index contributed by atoms with van der Waals surface area (Å²) in [6.07, 6.45) is 4.28. The molecule has 72 valence electrons. The number of nitrogens with zero attached hydrogens (tertiary/aromatic N) is 1. The van der Waals surface area contributed by atoms with Gasteiger partial charge < -0.3 is 0 Å². The van der Waals surface area contributed by atoms with Crippen molar-refractivity contribution < 1.29 is 4.79 Å². The summed E-state index contributed by atoms with van der Waals surface area (Å²) in [5.74, 6) is 0.695. The minimum Gasteiger partial charge on any atom is -0.298 e. The molecule has 0 radical (unpaired) electrons. The van der Waals surface area contributed by atoms with Crippen LogP contribution in [0.1, 0.15) is 39.5 Å². The number of carbonyl (C=O) groups is 1. The summed E-state index contributed by atoms with van der Waals surface area (Å²) >= 11 is 0. The maximum atomic E-state index is 11.6. The van der Waals surface area contributed by atoms with Gasteiger partial charge in [0.05, 0.1) is 6.07 Å². The fourth-order valence-electron chi connectivity index (χ4n) is 1.96. The summed E-state index contributed by atoms with van der Waals surface area (Å²) in [4.78, 5) is 11.6. The lowest BCUT2D eigenvalue weighted by molar-refractivity contribution is -0.125. The van der Waals surface area contributed by atoms with E-state index in [4.69, 9.17) is 5.26 Å². The van der Waals surface area contributed by atoms with Crippen LogP contribution in [0.2, 0.25) is 0 Å². The molecule has 0 aliphatic heterocycles. The Hall–Kier alpha value is -0.840. The lowest BCUT2D eigenvalue weighted by Crippen LogP contribution is -2.24. The van der Waals surface area contributed by atoms with Crippen LogP contribution in [0.4, 0.5) is 0 Å². The molecule has 0 aromatic carbocycles. The molecule has 0 N–H and O–H groups in total. The van der Waals surface area contributed by atoms with Crippen LogP contribution < -0.4 is 0 Å². The average molecular weight is 179 g/mol. The van der Waals surface area contributed by atoms with Gasteiger partial charge in [0.15, 0.2) is 5.78 Å². The minimum absolute atomic E-state index is 0.161. The van der Waals surface area contributed by atoms with Crippen molar-refractivity contribution in [3.63, 3.8) is 0 Å². The summed E-state index contributed by atoms with van der Waals surface area (Å²) in [5, 5.41) is 8.62. The fraction of sp³-hybridized carbons (Fsp3) is 0.818. The molecule has 2 heteroatoms. The molecule has 1 atom stereocenters. The highest BCUT2D eigenvalue weighted by Crippen LogP contribution is 2.30. The smallest absolute Gasteiger partial charge is 0.152 e. The van der Waals surface area contributed by atoms with E-state index in [2.05, 4.69) is 6.92 Å². The van der Waals surface area contributed by atoms with Crippen molar-refractivity contribution in [2.45, 2.75) is 39.5 Å². The molecule has 1 saturated carbocycles. The number of ketones is 1. The Kier molecular flexibility index (Phi) is 3.48. The third-order valence-corrected chi connectivity index (χ3v) is 3.04. The second-order valence-corrected chi connectivity index (χ2v) is 4.21. The molecule has 0 aromatic rings. The third-order valence-electron chi connectivity index (χ3n) is 3.04. The molecular weight excluding hydrogens is 162 g/mol. The Balaban J connectivity index is 2.46. The number of rotatable bonds is 2. The second kappa shape index (κ2) is 4.41. The van der Waals surface area contributed by atoms with Gasteiger partial charge in [-0.15, -0.1) is 0 Å². The first kappa shape index (κ1) is 10.2. The van der Waals surface area contributed by atoms with Gasteiger partial charge >= 0.3 is 0 Å². The Bertz CT molecular complexity index is 221. The van der Waals surface area contributed by atoms with Crippen LogP contribution in [0.3, 0.4) is 0 Å². The first-order chi connectivity index (χ1) is 6.15. The average Bonchev–Trinajstić information content (AvgIpc) is 2.17. The van der Waals surface area contributed by atoms with Gasteiger partial charge in [0.2, 0.25) is 0 Å². The maximum absolute atomic E-state index is 11.6. The predicted molar refractivity (Wildman–Crippen MR) is 50.9 cm³/mol. The van der Waals surface area contributed by atoms with E-state index in [0.717, 1.165) is 31.6 Å². The van der Waals surface area contributed by atoms with E-state index in [9.17, 15) is 4.79 Å². The van der Waals surface area contributed by atoms with Crippen LogP contribution in [0, 0.1) is 29.1 Å². The Morgan fingerprint density at radius 1 is 1.38 bits per heavy atom. The van der Waals surface area contributed by atoms with Crippen LogP contribution in [-0.2, 0) is 4.79 Å². The van der Waals surface area contributed by atoms with E-state index < -0.39 is 5.92 Å². The first-order valence-corrected chi connectivity index (χ1v) is 5.08. The normalized spacial score (nSPS) is 30.5. The van der Waals surface area contributed by atoms with Gasteiger partial charge in [-0.25, -0.2) is 0 Å². The molecule has 2 nitrogen and oxygen atoms in total. The molecule has 1 unspecified atom stereocenters. The van der Waals surface area contributed by atoms with Gasteiger partial charge in [0.1, 0.15) is 5.92 Å². The molecule has 0 saturated heterocycles. The molecule has 0 heterocycles. The van der Waals surface area contributed by atoms with Crippen LogP contribution in [-0.4, -0.2) is 5.78 Å². The quantitative estimate of drug-likeness (QED) is 0.653. The topological polar surface area (TPSA) is 40.9 Å². The van der Waals surface area contributed by atoms with Crippen LogP contribution >= 0.6 is 0 Å². The largest absolute Gasteiger partial charge is 0.298 e. The lowest BCUT2D eigenvalue weighted by atomic mass is 9.78. The van der Waals surface area contributed by atoms with E-state index >= 15 is 0 Å². The fourth-order valence-corrected chi connectivity index (χ4v) is 1.96. The second-order valence-electron chi connectivity index (χ2n) is 4.21. The number of Topliss-reactive ketones (excluding diaryl/α,β-unsaturated/α-hetero) is 1. The van der Waals surface area contributed by atoms with Gasteiger partial charge in [0.25, 0.3) is 0 Å². The standard InChI is InChI=1S/C11H17NO/c1-8-3-5-10(6-4-8)11(13)9(2)7-12/h8-10H,3-6H2,1-2H3. The van der Waals surface area contributed by atoms with Crippen molar-refractivity contribution in [3.8, 4) is 6.07 Å². The van der Waals surface area contributed by atoms with Crippen molar-refractivity contribution in [2.24, 2.45) is 17.8 Å². The van der Waals surface area contributed by atoms with Crippen molar-refractivity contribution >= 4 is 5.78 Å². The summed E-state index contributed by atoms with van der Waals surface area (Å²) in [6.45, 7) is 3.94. The summed E-state index contributed by atoms with van der Waals surface area (Å²) < 4.78 is 0. The maximum Gasteiger partial charge on any atom is 0.152 e. The zero-order chi connectivity index (χ0) is 9.84. The van der Waals surface area contributed by atoms with Crippen LogP contribution in [0.25, 0.3) is 0 Å². The first-order valence-electron chi connectivity index (χ1n) is 5.08. The number of nitriles is 1. The van der Waals surface area contributed by atoms with Crippen molar-refractivity contribution in [2.75, 3.05) is 0 Å². The van der Waals surface area contributed by atoms with Crippen LogP contribution in [0.15, 0.2) is 0 Å². The SMILES string of the molecule is CC1CCC(C(=O)C(C)C#N)CC1. The molecular formula is C11H17NO. The molecule has 0 spiro atoms. The highest BCUT2D eigenvalue weighted by Gasteiger charge is 2.27. The molecule has 1 fully saturated rings. The van der Waals surface area contributed by atoms with E-state index in [1.807, 2.05) is 6.07 Å². The Morgan fingerprint density at radius 3 is 2.38 bits per heavy atom. The molecule has 1 aliphatic carbocycles. The summed E-state index contributed by atoms with van der Waals surface area (Å²) in [5.41, 5.74) is 0. The zero-order valence-electron chi connectivity index (χ0n) is 8.42. The number of hydrogen-bond acceptors (Lipinski definition) is 2. The van der Waals surface area contributed by atoms with Crippen molar-refractivity contribution in [1.82, 2.24) is 0 Å². The van der Waals surface area contributed by atoms with E-state index in [0.29, 0.717) is 0 Å². The molecule has 0 amide bonds.